The third kappa shape index (κ3) is 7.99. The van der Waals surface area contributed by atoms with Gasteiger partial charge in [0.05, 0.1) is 0 Å². The molecule has 0 aliphatic heterocycles. The molecule has 0 bridgehead atoms. The van der Waals surface area contributed by atoms with Crippen LogP contribution < -0.4 is 0 Å². The molecule has 0 heteroatoms. The van der Waals surface area contributed by atoms with Crippen molar-refractivity contribution in [1.29, 1.82) is 0 Å². The summed E-state index contributed by atoms with van der Waals surface area (Å²) in [6, 6.07) is 0. The smallest absolute Gasteiger partial charge is 0.0299 e. The highest BCUT2D eigenvalue weighted by Gasteiger charge is 1.93. The van der Waals surface area contributed by atoms with E-state index < -0.39 is 0 Å². The van der Waals surface area contributed by atoms with Crippen molar-refractivity contribution in [2.75, 3.05) is 0 Å². The van der Waals surface area contributed by atoms with Gasteiger partial charge in [-0.05, 0) is 56.9 Å². The quantitative estimate of drug-likeness (QED) is 0.503. The first kappa shape index (κ1) is 17.2. The van der Waals surface area contributed by atoms with Crippen LogP contribution in [0.2, 0.25) is 0 Å². The van der Waals surface area contributed by atoms with Gasteiger partial charge in [-0.1, -0.05) is 61.3 Å². The Morgan fingerprint density at radius 3 is 1.79 bits per heavy atom. The summed E-state index contributed by atoms with van der Waals surface area (Å²) in [7, 11) is 0. The van der Waals surface area contributed by atoms with Crippen molar-refractivity contribution < 1.29 is 0 Å². The summed E-state index contributed by atoms with van der Waals surface area (Å²) in [6.45, 7) is 18.2. The predicted molar refractivity (Wildman–Crippen MR) is 89.2 cm³/mol. The van der Waals surface area contributed by atoms with E-state index in [1.54, 1.807) is 0 Å². The molecule has 0 saturated heterocycles. The Hall–Kier alpha value is -1.82. The monoisotopic (exact) mass is 254 g/mol. The maximum absolute atomic E-state index is 4.05. The molecular formula is C19H26. The minimum absolute atomic E-state index is 1.02. The fourth-order valence-corrected chi connectivity index (χ4v) is 1.23. The van der Waals surface area contributed by atoms with Crippen LogP contribution in [0.15, 0.2) is 83.6 Å². The average Bonchev–Trinajstić information content (AvgIpc) is 2.38. The maximum Gasteiger partial charge on any atom is -0.0299 e. The topological polar surface area (TPSA) is 0 Å². The molecule has 0 aliphatic carbocycles. The largest absolute Gasteiger partial charge is 0.0961 e. The summed E-state index contributed by atoms with van der Waals surface area (Å²) >= 11 is 0. The number of hydrogen-bond donors (Lipinski definition) is 0. The summed E-state index contributed by atoms with van der Waals surface area (Å²) in [5.74, 6) is 0. The van der Waals surface area contributed by atoms with E-state index in [0.29, 0.717) is 0 Å². The van der Waals surface area contributed by atoms with Gasteiger partial charge in [-0.15, -0.1) is 0 Å². The first-order valence-corrected chi connectivity index (χ1v) is 6.56. The number of hydrogen-bond acceptors (Lipinski definition) is 0. The van der Waals surface area contributed by atoms with Gasteiger partial charge in [0.2, 0.25) is 0 Å². The zero-order chi connectivity index (χ0) is 14.8. The van der Waals surface area contributed by atoms with Crippen LogP contribution in [-0.4, -0.2) is 0 Å². The highest BCUT2D eigenvalue weighted by molar-refractivity contribution is 5.42. The molecule has 0 rings (SSSR count). The molecule has 0 nitrogen and oxygen atoms in total. The van der Waals surface area contributed by atoms with Crippen LogP contribution in [0.4, 0.5) is 0 Å². The van der Waals surface area contributed by atoms with Crippen molar-refractivity contribution in [1.82, 2.24) is 0 Å². The molecule has 0 atom stereocenters. The lowest BCUT2D eigenvalue weighted by Crippen LogP contribution is -1.81. The zero-order valence-corrected chi connectivity index (χ0v) is 13.0. The van der Waals surface area contributed by atoms with Gasteiger partial charge in [-0.3, -0.25) is 0 Å². The summed E-state index contributed by atoms with van der Waals surface area (Å²) in [5.41, 5.74) is 5.74. The van der Waals surface area contributed by atoms with E-state index in [1.807, 2.05) is 32.1 Å². The van der Waals surface area contributed by atoms with Gasteiger partial charge in [0, 0.05) is 0 Å². The third-order valence-electron chi connectivity index (χ3n) is 2.82. The molecule has 0 spiro atoms. The summed E-state index contributed by atoms with van der Waals surface area (Å²) in [5, 5.41) is 0. The lowest BCUT2D eigenvalue weighted by atomic mass is 10.0. The minimum Gasteiger partial charge on any atom is -0.0961 e. The Kier molecular flexibility index (Phi) is 8.28. The third-order valence-corrected chi connectivity index (χ3v) is 2.82. The van der Waals surface area contributed by atoms with E-state index in [9.17, 15) is 0 Å². The fraction of sp³-hybridized carbons (Fsp3) is 0.263. The Morgan fingerprint density at radius 1 is 0.737 bits per heavy atom. The van der Waals surface area contributed by atoms with Crippen LogP contribution >= 0.6 is 0 Å². The van der Waals surface area contributed by atoms with E-state index in [4.69, 9.17) is 0 Å². The highest BCUT2D eigenvalue weighted by atomic mass is 14.0. The molecule has 19 heavy (non-hydrogen) atoms. The molecule has 102 valence electrons. The Bertz CT molecular complexity index is 474. The van der Waals surface area contributed by atoms with Gasteiger partial charge in [-0.2, -0.15) is 0 Å². The van der Waals surface area contributed by atoms with Gasteiger partial charge in [0.25, 0.3) is 0 Å². The second-order valence-electron chi connectivity index (χ2n) is 4.78. The van der Waals surface area contributed by atoms with Gasteiger partial charge >= 0.3 is 0 Å². The van der Waals surface area contributed by atoms with E-state index in [2.05, 4.69) is 58.2 Å². The molecular weight excluding hydrogens is 228 g/mol. The van der Waals surface area contributed by atoms with Gasteiger partial charge in [0.15, 0.2) is 0 Å². The van der Waals surface area contributed by atoms with Gasteiger partial charge in [-0.25, -0.2) is 0 Å². The lowest BCUT2D eigenvalue weighted by molar-refractivity contribution is 1.33. The van der Waals surface area contributed by atoms with Crippen molar-refractivity contribution in [3.63, 3.8) is 0 Å². The van der Waals surface area contributed by atoms with Crippen molar-refractivity contribution in [3.05, 3.63) is 83.6 Å². The first-order chi connectivity index (χ1) is 8.88. The van der Waals surface area contributed by atoms with Crippen LogP contribution in [0, 0.1) is 0 Å². The summed E-state index contributed by atoms with van der Waals surface area (Å²) in [4.78, 5) is 0. The molecule has 0 N–H and O–H groups in total. The van der Waals surface area contributed by atoms with E-state index in [0.717, 1.165) is 16.7 Å². The molecule has 0 unspecified atom stereocenters. The zero-order valence-electron chi connectivity index (χ0n) is 13.0. The van der Waals surface area contributed by atoms with Gasteiger partial charge < -0.3 is 0 Å². The molecule has 0 saturated carbocycles. The Morgan fingerprint density at radius 2 is 1.26 bits per heavy atom. The number of rotatable bonds is 6. The van der Waals surface area contributed by atoms with Crippen LogP contribution in [-0.2, 0) is 0 Å². The molecule has 0 heterocycles. The van der Waals surface area contributed by atoms with Crippen LogP contribution in [0.5, 0.6) is 0 Å². The van der Waals surface area contributed by atoms with Crippen LogP contribution in [0.3, 0.4) is 0 Å². The normalized spacial score (nSPS) is 14.5. The van der Waals surface area contributed by atoms with E-state index in [-0.39, 0.29) is 0 Å². The SMILES string of the molecule is C=C(C)C=CC(=C)C(C)=CC=C(C)C(C)=CC=CC. The fourth-order valence-electron chi connectivity index (χ4n) is 1.23. The molecule has 0 amide bonds. The Balaban J connectivity index is 4.87. The van der Waals surface area contributed by atoms with Crippen molar-refractivity contribution in [2.45, 2.75) is 34.6 Å². The van der Waals surface area contributed by atoms with E-state index in [1.165, 1.54) is 11.1 Å². The maximum atomic E-state index is 4.05. The predicted octanol–water partition coefficient (Wildman–Crippen LogP) is 6.09. The standard InChI is InChI=1S/C19H26/c1-8-9-10-16(4)18(6)13-14-19(7)17(5)12-11-15(2)3/h8-14H,2,5H2,1,3-4,6-7H3. The Labute approximate surface area is 118 Å². The number of allylic oxidation sites excluding steroid dienone is 12. The molecule has 0 aromatic carbocycles. The average molecular weight is 254 g/mol. The van der Waals surface area contributed by atoms with Crippen LogP contribution in [0.25, 0.3) is 0 Å². The molecule has 0 aromatic rings. The molecule has 0 fully saturated rings. The van der Waals surface area contributed by atoms with Crippen molar-refractivity contribution in [3.8, 4) is 0 Å². The second-order valence-corrected chi connectivity index (χ2v) is 4.78. The minimum atomic E-state index is 1.02. The van der Waals surface area contributed by atoms with Crippen molar-refractivity contribution >= 4 is 0 Å². The second kappa shape index (κ2) is 9.16. The lowest BCUT2D eigenvalue weighted by Gasteiger charge is -2.01. The molecule has 0 radical (unpaired) electrons. The highest BCUT2D eigenvalue weighted by Crippen LogP contribution is 2.13. The van der Waals surface area contributed by atoms with Gasteiger partial charge in [0.1, 0.15) is 0 Å². The molecule has 0 aliphatic rings. The van der Waals surface area contributed by atoms with E-state index >= 15 is 0 Å². The van der Waals surface area contributed by atoms with Crippen LogP contribution in [0.1, 0.15) is 34.6 Å². The van der Waals surface area contributed by atoms with Crippen molar-refractivity contribution in [2.24, 2.45) is 0 Å². The first-order valence-electron chi connectivity index (χ1n) is 6.56. The summed E-state index contributed by atoms with van der Waals surface area (Å²) < 4.78 is 0. The molecule has 0 aromatic heterocycles. The summed E-state index contributed by atoms with van der Waals surface area (Å²) in [6.07, 6.45) is 14.4.